The van der Waals surface area contributed by atoms with E-state index in [0.717, 1.165) is 10.0 Å². The number of nitrogens with two attached hydrogens (primary N) is 1. The molecule has 0 aliphatic carbocycles. The number of anilines is 1. The fourth-order valence-electron chi connectivity index (χ4n) is 1.81. The first kappa shape index (κ1) is 14.4. The zero-order valence-corrected chi connectivity index (χ0v) is 12.7. The van der Waals surface area contributed by atoms with Crippen LogP contribution in [0.15, 0.2) is 34.8 Å². The summed E-state index contributed by atoms with van der Waals surface area (Å²) in [5, 5.41) is 9.14. The minimum atomic E-state index is -1.07. The molecule has 0 saturated carbocycles. The van der Waals surface area contributed by atoms with Crippen LogP contribution in [0.4, 0.5) is 5.69 Å². The second kappa shape index (κ2) is 5.54. The van der Waals surface area contributed by atoms with Crippen molar-refractivity contribution < 1.29 is 14.6 Å². The number of nitrogen functional groups attached to an aromatic ring is 1. The molecule has 0 saturated heterocycles. The van der Waals surface area contributed by atoms with Gasteiger partial charge in [-0.2, -0.15) is 0 Å². The van der Waals surface area contributed by atoms with E-state index in [9.17, 15) is 4.79 Å². The molecule has 0 radical (unpaired) electrons. The lowest BCUT2D eigenvalue weighted by Crippen LogP contribution is -2.04. The van der Waals surface area contributed by atoms with Gasteiger partial charge in [-0.1, -0.05) is 22.0 Å². The van der Waals surface area contributed by atoms with E-state index in [0.29, 0.717) is 17.1 Å². The molecule has 20 heavy (non-hydrogen) atoms. The molecule has 0 spiro atoms. The van der Waals surface area contributed by atoms with Crippen molar-refractivity contribution >= 4 is 27.6 Å². The van der Waals surface area contributed by atoms with Gasteiger partial charge in [0.2, 0.25) is 0 Å². The van der Waals surface area contributed by atoms with Crippen LogP contribution >= 0.6 is 15.9 Å². The molecule has 0 atom stereocenters. The maximum atomic E-state index is 11.2. The first-order chi connectivity index (χ1) is 9.38. The average Bonchev–Trinajstić information content (AvgIpc) is 2.37. The quantitative estimate of drug-likeness (QED) is 0.827. The van der Waals surface area contributed by atoms with Gasteiger partial charge in [-0.05, 0) is 49.2 Å². The highest BCUT2D eigenvalue weighted by molar-refractivity contribution is 9.10. The Bertz CT molecular complexity index is 683. The number of rotatable bonds is 3. The van der Waals surface area contributed by atoms with Gasteiger partial charge in [-0.15, -0.1) is 0 Å². The van der Waals surface area contributed by atoms with Gasteiger partial charge in [0.25, 0.3) is 0 Å². The number of aryl methyl sites for hydroxylation is 2. The summed E-state index contributed by atoms with van der Waals surface area (Å²) in [6.07, 6.45) is 0. The van der Waals surface area contributed by atoms with E-state index < -0.39 is 5.97 Å². The van der Waals surface area contributed by atoms with Crippen molar-refractivity contribution in [3.05, 3.63) is 51.5 Å². The zero-order chi connectivity index (χ0) is 14.9. The van der Waals surface area contributed by atoms with Crippen LogP contribution < -0.4 is 10.5 Å². The first-order valence-corrected chi connectivity index (χ1v) is 6.75. The summed E-state index contributed by atoms with van der Waals surface area (Å²) >= 11 is 3.38. The lowest BCUT2D eigenvalue weighted by Gasteiger charge is -2.12. The molecule has 2 aromatic carbocycles. The molecule has 0 aliphatic rings. The molecule has 2 rings (SSSR count). The lowest BCUT2D eigenvalue weighted by molar-refractivity contribution is 0.0697. The molecule has 104 valence electrons. The number of halogens is 1. The van der Waals surface area contributed by atoms with Crippen molar-refractivity contribution in [2.24, 2.45) is 0 Å². The zero-order valence-electron chi connectivity index (χ0n) is 11.1. The van der Waals surface area contributed by atoms with Crippen LogP contribution in [0.3, 0.4) is 0 Å². The number of carboxylic acids is 1. The Kier molecular flexibility index (Phi) is 3.99. The van der Waals surface area contributed by atoms with Crippen molar-refractivity contribution in [2.45, 2.75) is 13.8 Å². The summed E-state index contributed by atoms with van der Waals surface area (Å²) in [5.41, 5.74) is 7.70. The molecule has 0 fully saturated rings. The van der Waals surface area contributed by atoms with Crippen molar-refractivity contribution in [1.29, 1.82) is 0 Å². The second-order valence-corrected chi connectivity index (χ2v) is 5.43. The van der Waals surface area contributed by atoms with Gasteiger partial charge >= 0.3 is 5.97 Å². The fourth-order valence-corrected chi connectivity index (χ4v) is 2.15. The van der Waals surface area contributed by atoms with Crippen molar-refractivity contribution in [2.75, 3.05) is 5.73 Å². The number of benzene rings is 2. The molecule has 0 unspecified atom stereocenters. The summed E-state index contributed by atoms with van der Waals surface area (Å²) in [7, 11) is 0. The Morgan fingerprint density at radius 1 is 1.20 bits per heavy atom. The molecule has 0 bridgehead atoms. The number of carbonyl (C=O) groups is 1. The Labute approximate surface area is 125 Å². The predicted octanol–water partition coefficient (Wildman–Crippen LogP) is 4.14. The summed E-state index contributed by atoms with van der Waals surface area (Å²) in [6.45, 7) is 3.67. The number of hydrogen-bond acceptors (Lipinski definition) is 3. The number of ether oxygens (including phenoxy) is 1. The summed E-state index contributed by atoms with van der Waals surface area (Å²) < 4.78 is 6.66. The average molecular weight is 336 g/mol. The van der Waals surface area contributed by atoms with Crippen molar-refractivity contribution in [1.82, 2.24) is 0 Å². The van der Waals surface area contributed by atoms with Crippen molar-refractivity contribution in [3.63, 3.8) is 0 Å². The maximum absolute atomic E-state index is 11.2. The van der Waals surface area contributed by atoms with Gasteiger partial charge in [0.15, 0.2) is 0 Å². The van der Waals surface area contributed by atoms with Crippen LogP contribution in [0.5, 0.6) is 11.5 Å². The van der Waals surface area contributed by atoms with E-state index in [-0.39, 0.29) is 11.3 Å². The van der Waals surface area contributed by atoms with Crippen LogP contribution in [0.25, 0.3) is 0 Å². The van der Waals surface area contributed by atoms with Crippen LogP contribution in [0.2, 0.25) is 0 Å². The Morgan fingerprint density at radius 3 is 2.55 bits per heavy atom. The number of carboxylic acid groups (broad SMARTS) is 1. The molecule has 0 amide bonds. The van der Waals surface area contributed by atoms with Gasteiger partial charge < -0.3 is 15.6 Å². The Hall–Kier alpha value is -2.01. The highest BCUT2D eigenvalue weighted by Gasteiger charge is 2.13. The van der Waals surface area contributed by atoms with Crippen LogP contribution in [-0.4, -0.2) is 11.1 Å². The van der Waals surface area contributed by atoms with E-state index in [2.05, 4.69) is 15.9 Å². The molecule has 0 heterocycles. The maximum Gasteiger partial charge on any atom is 0.337 e. The summed E-state index contributed by atoms with van der Waals surface area (Å²) in [5.74, 6) is 0.0530. The van der Waals surface area contributed by atoms with Gasteiger partial charge in [-0.25, -0.2) is 4.79 Å². The third-order valence-corrected chi connectivity index (χ3v) is 3.46. The number of hydrogen-bond donors (Lipinski definition) is 2. The lowest BCUT2D eigenvalue weighted by atomic mass is 10.1. The largest absolute Gasteiger partial charge is 0.478 e. The standard InChI is InChI=1S/C15H14BrNO3/c1-8-3-4-10(16)6-13(8)20-11-5-9(2)14(17)12(7-11)15(18)19/h3-7H,17H2,1-2H3,(H,18,19). The first-order valence-electron chi connectivity index (χ1n) is 5.96. The van der Waals surface area contributed by atoms with E-state index in [1.165, 1.54) is 6.07 Å². The highest BCUT2D eigenvalue weighted by Crippen LogP contribution is 2.31. The minimum absolute atomic E-state index is 0.0487. The summed E-state index contributed by atoms with van der Waals surface area (Å²) in [6, 6.07) is 8.83. The predicted molar refractivity (Wildman–Crippen MR) is 81.5 cm³/mol. The van der Waals surface area contributed by atoms with Gasteiger partial charge in [0.1, 0.15) is 11.5 Å². The molecule has 3 N–H and O–H groups in total. The second-order valence-electron chi connectivity index (χ2n) is 4.52. The Balaban J connectivity index is 2.44. The monoisotopic (exact) mass is 335 g/mol. The third kappa shape index (κ3) is 2.93. The smallest absolute Gasteiger partial charge is 0.337 e. The molecule has 2 aromatic rings. The van der Waals surface area contributed by atoms with Gasteiger partial charge in [-0.3, -0.25) is 0 Å². The van der Waals surface area contributed by atoms with Crippen LogP contribution in [0, 0.1) is 13.8 Å². The molecular formula is C15H14BrNO3. The molecule has 5 heteroatoms. The van der Waals surface area contributed by atoms with Crippen molar-refractivity contribution in [3.8, 4) is 11.5 Å². The highest BCUT2D eigenvalue weighted by atomic mass is 79.9. The Morgan fingerprint density at radius 2 is 1.90 bits per heavy atom. The van der Waals surface area contributed by atoms with E-state index >= 15 is 0 Å². The van der Waals surface area contributed by atoms with E-state index in [4.69, 9.17) is 15.6 Å². The molecular weight excluding hydrogens is 322 g/mol. The minimum Gasteiger partial charge on any atom is -0.478 e. The van der Waals surface area contributed by atoms with E-state index in [1.807, 2.05) is 25.1 Å². The molecule has 4 nitrogen and oxygen atoms in total. The van der Waals surface area contributed by atoms with Crippen LogP contribution in [0.1, 0.15) is 21.5 Å². The topological polar surface area (TPSA) is 72.5 Å². The summed E-state index contributed by atoms with van der Waals surface area (Å²) in [4.78, 5) is 11.2. The van der Waals surface area contributed by atoms with Gasteiger partial charge in [0, 0.05) is 10.2 Å². The van der Waals surface area contributed by atoms with Gasteiger partial charge in [0.05, 0.1) is 5.56 Å². The number of aromatic carboxylic acids is 1. The van der Waals surface area contributed by atoms with Crippen LogP contribution in [-0.2, 0) is 0 Å². The van der Waals surface area contributed by atoms with E-state index in [1.54, 1.807) is 13.0 Å². The molecule has 0 aromatic heterocycles. The third-order valence-electron chi connectivity index (χ3n) is 2.97. The molecule has 0 aliphatic heterocycles. The fraction of sp³-hybridized carbons (Fsp3) is 0.133. The SMILES string of the molecule is Cc1ccc(Br)cc1Oc1cc(C)c(N)c(C(=O)O)c1. The normalized spacial score (nSPS) is 10.3.